The Morgan fingerprint density at radius 2 is 1.54 bits per heavy atom. The molecule has 0 bridgehead atoms. The molecule has 0 aliphatic heterocycles. The maximum Gasteiger partial charge on any atom is 0.282 e. The number of nitrogens with zero attached hydrogens (tertiary/aromatic N) is 3. The first-order valence-corrected chi connectivity index (χ1v) is 9.19. The highest BCUT2D eigenvalue weighted by atomic mass is 35.5. The highest BCUT2D eigenvalue weighted by Gasteiger charge is 2.20. The van der Waals surface area contributed by atoms with Gasteiger partial charge in [0.05, 0.1) is 10.6 Å². The Morgan fingerprint density at radius 3 is 2.25 bits per heavy atom. The van der Waals surface area contributed by atoms with Gasteiger partial charge < -0.3 is 5.32 Å². The van der Waals surface area contributed by atoms with Crippen LogP contribution in [0, 0.1) is 0 Å². The highest BCUT2D eigenvalue weighted by Crippen LogP contribution is 2.22. The van der Waals surface area contributed by atoms with E-state index in [1.807, 2.05) is 60.7 Å². The summed E-state index contributed by atoms with van der Waals surface area (Å²) in [6.45, 7) is 0.517. The molecule has 0 aliphatic rings. The zero-order valence-electron chi connectivity index (χ0n) is 14.9. The van der Waals surface area contributed by atoms with Crippen molar-refractivity contribution in [2.75, 3.05) is 5.32 Å². The summed E-state index contributed by atoms with van der Waals surface area (Å²) in [5.74, 6) is 0.500. The number of halogens is 1. The molecular formula is C22H17ClN4O. The summed E-state index contributed by atoms with van der Waals surface area (Å²) in [5, 5.41) is 8.03. The minimum absolute atomic E-state index is 0.337. The first-order chi connectivity index (χ1) is 13.7. The molecule has 0 atom stereocenters. The molecule has 4 rings (SSSR count). The molecule has 1 aromatic heterocycles. The Kier molecular flexibility index (Phi) is 5.17. The molecule has 0 fully saturated rings. The van der Waals surface area contributed by atoms with Crippen LogP contribution in [-0.4, -0.2) is 20.7 Å². The summed E-state index contributed by atoms with van der Waals surface area (Å²) in [7, 11) is 0. The normalized spacial score (nSPS) is 10.6. The lowest BCUT2D eigenvalue weighted by molar-refractivity contribution is 0.0947. The largest absolute Gasteiger partial charge is 0.350 e. The van der Waals surface area contributed by atoms with E-state index in [0.29, 0.717) is 28.9 Å². The number of carbonyl (C=O) groups excluding carboxylic acids is 1. The van der Waals surface area contributed by atoms with Gasteiger partial charge in [-0.15, -0.1) is 5.10 Å². The summed E-state index contributed by atoms with van der Waals surface area (Å²) in [5.41, 5.74) is 2.27. The fourth-order valence-corrected chi connectivity index (χ4v) is 3.02. The third-order valence-corrected chi connectivity index (χ3v) is 4.56. The van der Waals surface area contributed by atoms with Crippen LogP contribution < -0.4 is 5.32 Å². The fourth-order valence-electron chi connectivity index (χ4n) is 2.80. The molecule has 0 spiro atoms. The summed E-state index contributed by atoms with van der Waals surface area (Å²) in [4.78, 5) is 17.6. The molecule has 0 saturated heterocycles. The SMILES string of the molecule is O=C(c1ccccc1Cl)n1nc(-c2ccccc2)nc1NCc1ccccc1. The first kappa shape index (κ1) is 17.9. The van der Waals surface area contributed by atoms with Gasteiger partial charge in [-0.1, -0.05) is 84.4 Å². The quantitative estimate of drug-likeness (QED) is 0.528. The van der Waals surface area contributed by atoms with Crippen LogP contribution in [0.2, 0.25) is 5.02 Å². The number of aromatic nitrogens is 3. The summed E-state index contributed by atoms with van der Waals surface area (Å²) >= 11 is 6.22. The van der Waals surface area contributed by atoms with Crippen molar-refractivity contribution in [3.05, 3.63) is 101 Å². The Labute approximate surface area is 167 Å². The van der Waals surface area contributed by atoms with Crippen LogP contribution in [0.15, 0.2) is 84.9 Å². The smallest absolute Gasteiger partial charge is 0.282 e. The van der Waals surface area contributed by atoms with Gasteiger partial charge in [-0.3, -0.25) is 4.79 Å². The van der Waals surface area contributed by atoms with E-state index in [4.69, 9.17) is 11.6 Å². The highest BCUT2D eigenvalue weighted by molar-refractivity contribution is 6.33. The number of rotatable bonds is 5. The van der Waals surface area contributed by atoms with E-state index in [9.17, 15) is 4.79 Å². The lowest BCUT2D eigenvalue weighted by atomic mass is 10.2. The monoisotopic (exact) mass is 388 g/mol. The molecule has 0 saturated carbocycles. The van der Waals surface area contributed by atoms with E-state index in [-0.39, 0.29) is 5.91 Å². The van der Waals surface area contributed by atoms with Crippen molar-refractivity contribution in [3.8, 4) is 11.4 Å². The van der Waals surface area contributed by atoms with E-state index in [1.165, 1.54) is 4.68 Å². The zero-order chi connectivity index (χ0) is 19.3. The molecule has 0 unspecified atom stereocenters. The van der Waals surface area contributed by atoms with Gasteiger partial charge in [-0.2, -0.15) is 9.67 Å². The number of hydrogen-bond donors (Lipinski definition) is 1. The lowest BCUT2D eigenvalue weighted by Crippen LogP contribution is -2.18. The maximum absolute atomic E-state index is 13.1. The summed E-state index contributed by atoms with van der Waals surface area (Å²) < 4.78 is 1.27. The Morgan fingerprint density at radius 1 is 0.893 bits per heavy atom. The van der Waals surface area contributed by atoms with E-state index in [0.717, 1.165) is 11.1 Å². The van der Waals surface area contributed by atoms with Crippen molar-refractivity contribution >= 4 is 23.5 Å². The van der Waals surface area contributed by atoms with Crippen LogP contribution in [0.3, 0.4) is 0 Å². The lowest BCUT2D eigenvalue weighted by Gasteiger charge is -2.08. The van der Waals surface area contributed by atoms with E-state index in [2.05, 4.69) is 15.4 Å². The van der Waals surface area contributed by atoms with Crippen molar-refractivity contribution in [2.24, 2.45) is 0 Å². The van der Waals surface area contributed by atoms with Crippen LogP contribution in [0.25, 0.3) is 11.4 Å². The van der Waals surface area contributed by atoms with E-state index in [1.54, 1.807) is 24.3 Å². The molecule has 138 valence electrons. The Balaban J connectivity index is 1.71. The summed E-state index contributed by atoms with van der Waals surface area (Å²) in [6, 6.07) is 26.3. The number of benzene rings is 3. The third kappa shape index (κ3) is 3.80. The number of nitrogens with one attached hydrogen (secondary N) is 1. The molecule has 0 radical (unpaired) electrons. The Hall–Kier alpha value is -3.44. The zero-order valence-corrected chi connectivity index (χ0v) is 15.7. The average molecular weight is 389 g/mol. The molecule has 6 heteroatoms. The van der Waals surface area contributed by atoms with Gasteiger partial charge >= 0.3 is 0 Å². The fraction of sp³-hybridized carbons (Fsp3) is 0.0455. The van der Waals surface area contributed by atoms with Crippen LogP contribution in [-0.2, 0) is 6.54 Å². The van der Waals surface area contributed by atoms with Crippen LogP contribution >= 0.6 is 11.6 Å². The summed E-state index contributed by atoms with van der Waals surface area (Å²) in [6.07, 6.45) is 0. The van der Waals surface area contributed by atoms with Gasteiger partial charge in [0, 0.05) is 12.1 Å². The maximum atomic E-state index is 13.1. The predicted molar refractivity (Wildman–Crippen MR) is 110 cm³/mol. The van der Waals surface area contributed by atoms with Crippen molar-refractivity contribution in [2.45, 2.75) is 6.54 Å². The van der Waals surface area contributed by atoms with Crippen LogP contribution in [0.1, 0.15) is 15.9 Å². The first-order valence-electron chi connectivity index (χ1n) is 8.82. The van der Waals surface area contributed by atoms with Crippen molar-refractivity contribution < 1.29 is 4.79 Å². The van der Waals surface area contributed by atoms with Crippen LogP contribution in [0.5, 0.6) is 0 Å². The van der Waals surface area contributed by atoms with Gasteiger partial charge in [0.1, 0.15) is 0 Å². The van der Waals surface area contributed by atoms with E-state index >= 15 is 0 Å². The Bertz CT molecular complexity index is 1090. The van der Waals surface area contributed by atoms with Crippen molar-refractivity contribution in [3.63, 3.8) is 0 Å². The molecule has 0 aliphatic carbocycles. The molecule has 3 aromatic carbocycles. The van der Waals surface area contributed by atoms with Gasteiger partial charge in [0.15, 0.2) is 5.82 Å². The minimum atomic E-state index is -0.337. The number of anilines is 1. The van der Waals surface area contributed by atoms with Gasteiger partial charge in [-0.05, 0) is 17.7 Å². The second-order valence-electron chi connectivity index (χ2n) is 6.16. The third-order valence-electron chi connectivity index (χ3n) is 4.23. The van der Waals surface area contributed by atoms with Gasteiger partial charge in [0.25, 0.3) is 5.91 Å². The number of carbonyl (C=O) groups is 1. The van der Waals surface area contributed by atoms with Crippen LogP contribution in [0.4, 0.5) is 5.95 Å². The minimum Gasteiger partial charge on any atom is -0.350 e. The molecule has 4 aromatic rings. The van der Waals surface area contributed by atoms with Gasteiger partial charge in [0.2, 0.25) is 5.95 Å². The molecule has 28 heavy (non-hydrogen) atoms. The molecule has 5 nitrogen and oxygen atoms in total. The molecule has 1 heterocycles. The predicted octanol–water partition coefficient (Wildman–Crippen LogP) is 4.90. The second-order valence-corrected chi connectivity index (χ2v) is 6.57. The molecule has 1 N–H and O–H groups in total. The molecular weight excluding hydrogens is 372 g/mol. The topological polar surface area (TPSA) is 59.8 Å². The van der Waals surface area contributed by atoms with Gasteiger partial charge in [-0.25, -0.2) is 0 Å². The van der Waals surface area contributed by atoms with Crippen molar-refractivity contribution in [1.82, 2.24) is 14.8 Å². The van der Waals surface area contributed by atoms with Crippen molar-refractivity contribution in [1.29, 1.82) is 0 Å². The second kappa shape index (κ2) is 8.06. The number of hydrogen-bond acceptors (Lipinski definition) is 4. The average Bonchev–Trinajstić information content (AvgIpc) is 3.18. The molecule has 0 amide bonds. The van der Waals surface area contributed by atoms with E-state index < -0.39 is 0 Å². The standard InChI is InChI=1S/C22H17ClN4O/c23-19-14-8-7-13-18(19)21(28)27-22(24-15-16-9-3-1-4-10-16)25-20(26-27)17-11-5-2-6-12-17/h1-14H,15H2,(H,24,25,26).